The van der Waals surface area contributed by atoms with Gasteiger partial charge in [0.05, 0.1) is 22.8 Å². The van der Waals surface area contributed by atoms with Gasteiger partial charge in [-0.2, -0.15) is 0 Å². The van der Waals surface area contributed by atoms with Crippen molar-refractivity contribution in [2.75, 3.05) is 45.1 Å². The zero-order valence-electron chi connectivity index (χ0n) is 20.0. The first kappa shape index (κ1) is 24.0. The Morgan fingerprint density at radius 3 is 2.53 bits per heavy atom. The van der Waals surface area contributed by atoms with E-state index in [2.05, 4.69) is 22.2 Å². The number of thioether (sulfide) groups is 1. The number of aliphatic imine (C=N–C) groups is 1. The molecular formula is C26H31N5O2S. The lowest BCUT2D eigenvalue weighted by molar-refractivity contribution is -0.122. The van der Waals surface area contributed by atoms with Gasteiger partial charge in [-0.1, -0.05) is 30.3 Å². The van der Waals surface area contributed by atoms with Gasteiger partial charge >= 0.3 is 0 Å². The van der Waals surface area contributed by atoms with Crippen LogP contribution in [0.3, 0.4) is 0 Å². The summed E-state index contributed by atoms with van der Waals surface area (Å²) < 4.78 is 0. The van der Waals surface area contributed by atoms with Crippen molar-refractivity contribution in [3.8, 4) is 0 Å². The number of nitrogens with zero attached hydrogens (tertiary/aromatic N) is 4. The van der Waals surface area contributed by atoms with Gasteiger partial charge in [-0.25, -0.2) is 4.99 Å². The molecule has 2 aromatic carbocycles. The van der Waals surface area contributed by atoms with Gasteiger partial charge in [0.2, 0.25) is 0 Å². The summed E-state index contributed by atoms with van der Waals surface area (Å²) >= 11 is 1.40. The maximum absolute atomic E-state index is 13.5. The van der Waals surface area contributed by atoms with Crippen LogP contribution in [0.4, 0.5) is 11.4 Å². The Labute approximate surface area is 205 Å². The van der Waals surface area contributed by atoms with E-state index in [1.54, 1.807) is 24.0 Å². The number of amidine groups is 1. The van der Waals surface area contributed by atoms with E-state index in [9.17, 15) is 9.59 Å². The summed E-state index contributed by atoms with van der Waals surface area (Å²) in [4.78, 5) is 37.3. The van der Waals surface area contributed by atoms with E-state index in [1.807, 2.05) is 49.5 Å². The van der Waals surface area contributed by atoms with Gasteiger partial charge in [-0.3, -0.25) is 14.5 Å². The molecule has 2 aromatic rings. The fourth-order valence-corrected chi connectivity index (χ4v) is 4.89. The lowest BCUT2D eigenvalue weighted by Gasteiger charge is -2.31. The fourth-order valence-electron chi connectivity index (χ4n) is 3.89. The molecule has 0 bridgehead atoms. The minimum atomic E-state index is -0.0424. The van der Waals surface area contributed by atoms with Crippen molar-refractivity contribution in [3.05, 3.63) is 70.8 Å². The van der Waals surface area contributed by atoms with Gasteiger partial charge in [0.15, 0.2) is 11.0 Å². The second-order valence-electron chi connectivity index (χ2n) is 8.52. The normalized spacial score (nSPS) is 19.3. The number of likely N-dealkylation sites (N-methyl/N-ethyl adjacent to an activating group) is 1. The third-order valence-corrected chi connectivity index (χ3v) is 6.89. The fraction of sp³-hybridized carbons (Fsp3) is 0.346. The van der Waals surface area contributed by atoms with E-state index < -0.39 is 0 Å². The summed E-state index contributed by atoms with van der Waals surface area (Å²) in [7, 11) is 2.11. The van der Waals surface area contributed by atoms with Crippen molar-refractivity contribution in [1.82, 2.24) is 14.7 Å². The van der Waals surface area contributed by atoms with Gasteiger partial charge in [0.1, 0.15) is 0 Å². The molecule has 8 heteroatoms. The summed E-state index contributed by atoms with van der Waals surface area (Å²) in [5, 5.41) is 3.93. The Morgan fingerprint density at radius 1 is 1.12 bits per heavy atom. The Kier molecular flexibility index (Phi) is 7.70. The van der Waals surface area contributed by atoms with Crippen LogP contribution in [-0.4, -0.2) is 71.3 Å². The molecule has 2 aliphatic heterocycles. The second kappa shape index (κ2) is 10.9. The summed E-state index contributed by atoms with van der Waals surface area (Å²) in [5.41, 5.74) is 3.13. The summed E-state index contributed by atoms with van der Waals surface area (Å²) in [6.07, 6.45) is 1.98. The summed E-state index contributed by atoms with van der Waals surface area (Å²) in [6, 6.07) is 15.4. The molecule has 0 aromatic heterocycles. The molecule has 2 saturated heterocycles. The number of rotatable bonds is 7. The molecule has 1 N–H and O–H groups in total. The van der Waals surface area contributed by atoms with Crippen molar-refractivity contribution in [1.29, 1.82) is 0 Å². The monoisotopic (exact) mass is 477 g/mol. The summed E-state index contributed by atoms with van der Waals surface area (Å²) in [6.45, 7) is 8.46. The summed E-state index contributed by atoms with van der Waals surface area (Å²) in [5.74, 6) is -0.0595. The van der Waals surface area contributed by atoms with Crippen LogP contribution >= 0.6 is 11.8 Å². The van der Waals surface area contributed by atoms with Gasteiger partial charge in [0, 0.05) is 44.5 Å². The van der Waals surface area contributed by atoms with Crippen molar-refractivity contribution < 1.29 is 9.59 Å². The van der Waals surface area contributed by atoms with Crippen LogP contribution in [0.5, 0.6) is 0 Å². The Bertz CT molecular complexity index is 1110. The molecule has 0 atom stereocenters. The molecule has 4 rings (SSSR count). The zero-order valence-corrected chi connectivity index (χ0v) is 20.8. The standard InChI is InChI=1S/C26H31N5O2S/c1-4-27-22-11-10-21(19(2)32)16-23(22)28-26-31(17-20-8-6-5-7-9-20)25(33)24(34-26)18-30-14-12-29(3)13-15-30/h5-11,16,18,27H,4,12-15,17H2,1-3H3/b24-18?,28-26-. The van der Waals surface area contributed by atoms with Crippen LogP contribution in [0, 0.1) is 0 Å². The van der Waals surface area contributed by atoms with Gasteiger partial charge in [-0.15, -0.1) is 0 Å². The number of carbonyl (C=O) groups is 2. The predicted octanol–water partition coefficient (Wildman–Crippen LogP) is 4.17. The lowest BCUT2D eigenvalue weighted by atomic mass is 10.1. The largest absolute Gasteiger partial charge is 0.384 e. The maximum atomic E-state index is 13.5. The molecule has 0 radical (unpaired) electrons. The number of hydrogen-bond donors (Lipinski definition) is 1. The second-order valence-corrected chi connectivity index (χ2v) is 9.53. The topological polar surface area (TPSA) is 68.2 Å². The van der Waals surface area contributed by atoms with Crippen LogP contribution in [0.1, 0.15) is 29.8 Å². The molecule has 1 amide bonds. The predicted molar refractivity (Wildman–Crippen MR) is 139 cm³/mol. The number of amides is 1. The third-order valence-electron chi connectivity index (χ3n) is 5.90. The van der Waals surface area contributed by atoms with Crippen LogP contribution < -0.4 is 5.32 Å². The number of piperazine rings is 1. The molecule has 34 heavy (non-hydrogen) atoms. The van der Waals surface area contributed by atoms with Crippen LogP contribution in [-0.2, 0) is 11.3 Å². The third kappa shape index (κ3) is 5.69. The van der Waals surface area contributed by atoms with Gasteiger partial charge in [0.25, 0.3) is 5.91 Å². The van der Waals surface area contributed by atoms with E-state index >= 15 is 0 Å². The van der Waals surface area contributed by atoms with Gasteiger partial charge < -0.3 is 15.1 Å². The van der Waals surface area contributed by atoms with Crippen molar-refractivity contribution >= 4 is 40.0 Å². The smallest absolute Gasteiger partial charge is 0.268 e. The number of hydrogen-bond acceptors (Lipinski definition) is 7. The van der Waals surface area contributed by atoms with Gasteiger partial charge in [-0.05, 0) is 56.4 Å². The number of ketones is 1. The van der Waals surface area contributed by atoms with E-state index in [1.165, 1.54) is 11.8 Å². The zero-order chi connectivity index (χ0) is 24.1. The van der Waals surface area contributed by atoms with E-state index in [0.29, 0.717) is 27.9 Å². The molecule has 2 fully saturated rings. The van der Waals surface area contributed by atoms with E-state index in [-0.39, 0.29) is 11.7 Å². The highest BCUT2D eigenvalue weighted by atomic mass is 32.2. The molecule has 0 unspecified atom stereocenters. The minimum Gasteiger partial charge on any atom is -0.384 e. The maximum Gasteiger partial charge on any atom is 0.268 e. The molecule has 0 saturated carbocycles. The Morgan fingerprint density at radius 2 is 1.85 bits per heavy atom. The van der Waals surface area contributed by atoms with Crippen molar-refractivity contribution in [2.24, 2.45) is 4.99 Å². The first-order valence-corrected chi connectivity index (χ1v) is 12.4. The van der Waals surface area contributed by atoms with Crippen molar-refractivity contribution in [2.45, 2.75) is 20.4 Å². The van der Waals surface area contributed by atoms with E-state index in [0.717, 1.165) is 44.0 Å². The van der Waals surface area contributed by atoms with E-state index in [4.69, 9.17) is 4.99 Å². The first-order valence-electron chi connectivity index (χ1n) is 11.6. The lowest BCUT2D eigenvalue weighted by Crippen LogP contribution is -2.42. The molecular weight excluding hydrogens is 446 g/mol. The quantitative estimate of drug-likeness (QED) is 0.477. The number of benzene rings is 2. The van der Waals surface area contributed by atoms with Crippen LogP contribution in [0.2, 0.25) is 0 Å². The Hall–Kier alpha value is -3.10. The highest BCUT2D eigenvalue weighted by molar-refractivity contribution is 8.18. The molecule has 2 aliphatic rings. The van der Waals surface area contributed by atoms with Crippen LogP contribution in [0.25, 0.3) is 0 Å². The molecule has 0 spiro atoms. The molecule has 7 nitrogen and oxygen atoms in total. The average molecular weight is 478 g/mol. The highest BCUT2D eigenvalue weighted by Crippen LogP contribution is 2.36. The number of Topliss-reactive ketones (excluding diaryl/α,β-unsaturated/α-hetero) is 1. The Balaban J connectivity index is 1.70. The van der Waals surface area contributed by atoms with Crippen LogP contribution in [0.15, 0.2) is 64.6 Å². The average Bonchev–Trinajstić information content (AvgIpc) is 3.11. The molecule has 2 heterocycles. The SMILES string of the molecule is CCNc1ccc(C(C)=O)cc1/N=C1\SC(=CN2CCN(C)CC2)C(=O)N1Cc1ccccc1. The van der Waals surface area contributed by atoms with Crippen molar-refractivity contribution in [3.63, 3.8) is 0 Å². The number of anilines is 1. The number of nitrogens with one attached hydrogen (secondary N) is 1. The minimum absolute atomic E-state index is 0.0172. The molecule has 0 aliphatic carbocycles. The molecule has 178 valence electrons. The first-order chi connectivity index (χ1) is 16.4. The number of carbonyl (C=O) groups excluding carboxylic acids is 2. The highest BCUT2D eigenvalue weighted by Gasteiger charge is 2.34.